The second kappa shape index (κ2) is 10.4. The van der Waals surface area contributed by atoms with E-state index in [1.807, 2.05) is 30.3 Å². The molecule has 0 saturated carbocycles. The van der Waals surface area contributed by atoms with Crippen molar-refractivity contribution in [3.63, 3.8) is 0 Å². The molecule has 0 aliphatic carbocycles. The molecule has 0 unspecified atom stereocenters. The van der Waals surface area contributed by atoms with Crippen LogP contribution in [0.15, 0.2) is 30.3 Å². The van der Waals surface area contributed by atoms with Crippen LogP contribution in [0.2, 0.25) is 0 Å². The molecular formula is C15H23N2O2. The van der Waals surface area contributed by atoms with Crippen LogP contribution in [0, 0.1) is 6.42 Å². The quantitative estimate of drug-likeness (QED) is 0.673. The summed E-state index contributed by atoms with van der Waals surface area (Å²) >= 11 is 0. The fourth-order valence-corrected chi connectivity index (χ4v) is 1.63. The van der Waals surface area contributed by atoms with Gasteiger partial charge in [0.05, 0.1) is 0 Å². The second-order valence-corrected chi connectivity index (χ2v) is 4.35. The molecule has 0 saturated heterocycles. The van der Waals surface area contributed by atoms with Gasteiger partial charge >= 0.3 is 6.09 Å². The van der Waals surface area contributed by atoms with Crippen LogP contribution < -0.4 is 11.1 Å². The molecule has 4 heteroatoms. The first-order chi connectivity index (χ1) is 9.33. The lowest BCUT2D eigenvalue weighted by Gasteiger charge is -2.06. The first-order valence-electron chi connectivity index (χ1n) is 6.79. The van der Waals surface area contributed by atoms with Crippen molar-refractivity contribution < 1.29 is 9.53 Å². The summed E-state index contributed by atoms with van der Waals surface area (Å²) in [7, 11) is 0. The minimum Gasteiger partial charge on any atom is -0.445 e. The lowest BCUT2D eigenvalue weighted by Crippen LogP contribution is -2.25. The Labute approximate surface area is 115 Å². The number of nitrogens with one attached hydrogen (secondary N) is 1. The summed E-state index contributed by atoms with van der Waals surface area (Å²) in [6.45, 7) is 1.68. The normalized spacial score (nSPS) is 10.2. The number of unbranched alkanes of at least 4 members (excludes halogenated alkanes) is 4. The summed E-state index contributed by atoms with van der Waals surface area (Å²) in [6, 6.07) is 9.64. The number of nitrogens with two attached hydrogens (primary N) is 1. The van der Waals surface area contributed by atoms with Crippen LogP contribution >= 0.6 is 0 Å². The van der Waals surface area contributed by atoms with Crippen molar-refractivity contribution in [2.45, 2.75) is 32.3 Å². The predicted molar refractivity (Wildman–Crippen MR) is 76.5 cm³/mol. The molecular weight excluding hydrogens is 240 g/mol. The number of carbonyl (C=O) groups excluding carboxylic acids is 1. The molecule has 19 heavy (non-hydrogen) atoms. The Kier molecular flexibility index (Phi) is 8.47. The van der Waals surface area contributed by atoms with E-state index in [9.17, 15) is 4.79 Å². The SMILES string of the molecule is NCCCC[CH]CCNC(=O)OCc1ccccc1. The zero-order valence-corrected chi connectivity index (χ0v) is 11.3. The number of benzene rings is 1. The van der Waals surface area contributed by atoms with E-state index in [-0.39, 0.29) is 6.09 Å². The van der Waals surface area contributed by atoms with Gasteiger partial charge < -0.3 is 15.8 Å². The molecule has 0 atom stereocenters. The molecule has 0 aromatic heterocycles. The van der Waals surface area contributed by atoms with E-state index in [2.05, 4.69) is 11.7 Å². The van der Waals surface area contributed by atoms with Gasteiger partial charge in [-0.25, -0.2) is 4.79 Å². The highest BCUT2D eigenvalue weighted by Crippen LogP contribution is 2.01. The maximum Gasteiger partial charge on any atom is 0.407 e. The molecule has 1 rings (SSSR count). The Morgan fingerprint density at radius 2 is 2.00 bits per heavy atom. The predicted octanol–water partition coefficient (Wildman–Crippen LogP) is 2.64. The molecule has 0 spiro atoms. The highest BCUT2D eigenvalue weighted by Gasteiger charge is 2.01. The number of rotatable bonds is 9. The van der Waals surface area contributed by atoms with Crippen LogP contribution in [0.4, 0.5) is 4.79 Å². The van der Waals surface area contributed by atoms with E-state index < -0.39 is 0 Å². The molecule has 0 aliphatic heterocycles. The maximum atomic E-state index is 11.4. The molecule has 1 aromatic rings. The number of amides is 1. The zero-order valence-electron chi connectivity index (χ0n) is 11.3. The largest absolute Gasteiger partial charge is 0.445 e. The standard InChI is InChI=1S/C15H23N2O2/c16-11-7-2-1-3-8-12-17-15(18)19-13-14-9-5-4-6-10-14/h3-6,9-10H,1-2,7-8,11-13,16H2,(H,17,18). The molecule has 3 N–H and O–H groups in total. The number of alkyl carbamates (subject to hydrolysis) is 1. The van der Waals surface area contributed by atoms with Gasteiger partial charge in [-0.2, -0.15) is 0 Å². The van der Waals surface area contributed by atoms with E-state index >= 15 is 0 Å². The average Bonchev–Trinajstić information content (AvgIpc) is 2.45. The molecule has 0 aliphatic rings. The van der Waals surface area contributed by atoms with Crippen molar-refractivity contribution >= 4 is 6.09 Å². The molecule has 0 heterocycles. The first-order valence-corrected chi connectivity index (χ1v) is 6.79. The third kappa shape index (κ3) is 8.21. The van der Waals surface area contributed by atoms with Gasteiger partial charge in [0, 0.05) is 6.54 Å². The van der Waals surface area contributed by atoms with Crippen molar-refractivity contribution in [3.05, 3.63) is 42.3 Å². The Bertz CT molecular complexity index is 341. The summed E-state index contributed by atoms with van der Waals surface area (Å²) in [5.41, 5.74) is 6.39. The summed E-state index contributed by atoms with van der Waals surface area (Å²) in [5, 5.41) is 2.73. The van der Waals surface area contributed by atoms with E-state index in [1.165, 1.54) is 0 Å². The number of hydrogen-bond acceptors (Lipinski definition) is 3. The van der Waals surface area contributed by atoms with Gasteiger partial charge in [-0.15, -0.1) is 0 Å². The van der Waals surface area contributed by atoms with Crippen LogP contribution in [-0.4, -0.2) is 19.2 Å². The van der Waals surface area contributed by atoms with Gasteiger partial charge in [0.25, 0.3) is 0 Å². The molecule has 105 valence electrons. The highest BCUT2D eigenvalue weighted by atomic mass is 16.5. The third-order valence-corrected chi connectivity index (χ3v) is 2.69. The van der Waals surface area contributed by atoms with Gasteiger partial charge in [-0.05, 0) is 31.4 Å². The molecule has 0 bridgehead atoms. The highest BCUT2D eigenvalue weighted by molar-refractivity contribution is 5.67. The van der Waals surface area contributed by atoms with Crippen LogP contribution in [0.5, 0.6) is 0 Å². The van der Waals surface area contributed by atoms with Gasteiger partial charge in [0.2, 0.25) is 0 Å². The van der Waals surface area contributed by atoms with E-state index in [0.29, 0.717) is 13.2 Å². The second-order valence-electron chi connectivity index (χ2n) is 4.35. The minimum atomic E-state index is -0.362. The van der Waals surface area contributed by atoms with Gasteiger partial charge in [-0.3, -0.25) is 0 Å². The number of carbonyl (C=O) groups is 1. The average molecular weight is 263 g/mol. The monoisotopic (exact) mass is 263 g/mol. The number of ether oxygens (including phenoxy) is 1. The fourth-order valence-electron chi connectivity index (χ4n) is 1.63. The van der Waals surface area contributed by atoms with E-state index in [4.69, 9.17) is 10.5 Å². The van der Waals surface area contributed by atoms with Crippen molar-refractivity contribution in [1.29, 1.82) is 0 Å². The molecule has 1 amide bonds. The topological polar surface area (TPSA) is 64.3 Å². The molecule has 1 aromatic carbocycles. The molecule has 1 radical (unpaired) electrons. The fraction of sp³-hybridized carbons (Fsp3) is 0.467. The lowest BCUT2D eigenvalue weighted by atomic mass is 10.1. The number of hydrogen-bond donors (Lipinski definition) is 2. The van der Waals surface area contributed by atoms with Crippen molar-refractivity contribution in [2.24, 2.45) is 5.73 Å². The van der Waals surface area contributed by atoms with Crippen LogP contribution in [0.1, 0.15) is 31.2 Å². The van der Waals surface area contributed by atoms with Crippen molar-refractivity contribution in [2.75, 3.05) is 13.1 Å². The summed E-state index contributed by atoms with van der Waals surface area (Å²) in [4.78, 5) is 11.4. The maximum absolute atomic E-state index is 11.4. The molecule has 0 fully saturated rings. The van der Waals surface area contributed by atoms with Crippen LogP contribution in [0.3, 0.4) is 0 Å². The smallest absolute Gasteiger partial charge is 0.407 e. The Morgan fingerprint density at radius 1 is 1.21 bits per heavy atom. The Morgan fingerprint density at radius 3 is 2.74 bits per heavy atom. The Balaban J connectivity index is 1.96. The summed E-state index contributed by atoms with van der Waals surface area (Å²) < 4.78 is 5.09. The minimum absolute atomic E-state index is 0.312. The van der Waals surface area contributed by atoms with Gasteiger partial charge in [0.15, 0.2) is 0 Å². The van der Waals surface area contributed by atoms with Gasteiger partial charge in [-0.1, -0.05) is 43.2 Å². The van der Waals surface area contributed by atoms with Crippen LogP contribution in [-0.2, 0) is 11.3 Å². The summed E-state index contributed by atoms with van der Waals surface area (Å²) in [5.74, 6) is 0. The van der Waals surface area contributed by atoms with Crippen LogP contribution in [0.25, 0.3) is 0 Å². The first kappa shape index (κ1) is 15.5. The lowest BCUT2D eigenvalue weighted by molar-refractivity contribution is 0.140. The van der Waals surface area contributed by atoms with Crippen molar-refractivity contribution in [3.8, 4) is 0 Å². The Hall–Kier alpha value is -1.55. The van der Waals surface area contributed by atoms with Gasteiger partial charge in [0.1, 0.15) is 6.61 Å². The third-order valence-electron chi connectivity index (χ3n) is 2.69. The molecule has 4 nitrogen and oxygen atoms in total. The zero-order chi connectivity index (χ0) is 13.8. The van der Waals surface area contributed by atoms with Crippen molar-refractivity contribution in [1.82, 2.24) is 5.32 Å². The summed E-state index contributed by atoms with van der Waals surface area (Å²) in [6.07, 6.45) is 5.91. The van der Waals surface area contributed by atoms with E-state index in [0.717, 1.165) is 37.8 Å². The van der Waals surface area contributed by atoms with E-state index in [1.54, 1.807) is 0 Å².